The molecule has 1 aromatic carbocycles. The molecule has 0 N–H and O–H groups in total. The van der Waals surface area contributed by atoms with E-state index in [0.29, 0.717) is 37.7 Å². The van der Waals surface area contributed by atoms with Gasteiger partial charge in [-0.25, -0.2) is 0 Å². The molecule has 0 aliphatic carbocycles. The molecule has 1 unspecified atom stereocenters. The Kier molecular flexibility index (Phi) is 7.23. The van der Waals surface area contributed by atoms with E-state index in [2.05, 4.69) is 0 Å². The van der Waals surface area contributed by atoms with E-state index in [0.717, 1.165) is 5.56 Å². The Bertz CT molecular complexity index is 434. The van der Waals surface area contributed by atoms with Crippen LogP contribution in [-0.2, 0) is 16.0 Å². The van der Waals surface area contributed by atoms with E-state index in [1.807, 2.05) is 32.0 Å². The summed E-state index contributed by atoms with van der Waals surface area (Å²) in [6.45, 7) is 7.03. The summed E-state index contributed by atoms with van der Waals surface area (Å²) in [5, 5.41) is -0.692. The van der Waals surface area contributed by atoms with Crippen molar-refractivity contribution in [2.45, 2.75) is 32.6 Å². The Morgan fingerprint density at radius 3 is 2.35 bits per heavy atom. The van der Waals surface area contributed by atoms with Crippen LogP contribution in [0.25, 0.3) is 0 Å². The lowest BCUT2D eigenvalue weighted by atomic mass is 10.1. The molecule has 1 atom stereocenters. The molecule has 0 spiro atoms. The average Bonchev–Trinajstić information content (AvgIpc) is 2.42. The van der Waals surface area contributed by atoms with Crippen LogP contribution in [0.15, 0.2) is 18.2 Å². The first-order chi connectivity index (χ1) is 9.62. The summed E-state index contributed by atoms with van der Waals surface area (Å²) in [6.07, 6.45) is 0.396. The number of ether oxygens (including phenoxy) is 3. The van der Waals surface area contributed by atoms with Gasteiger partial charge in [-0.1, -0.05) is 6.07 Å². The lowest BCUT2D eigenvalue weighted by molar-refractivity contribution is -0.142. The molecule has 0 aliphatic heterocycles. The highest BCUT2D eigenvalue weighted by Crippen LogP contribution is 2.29. The minimum Gasteiger partial charge on any atom is -0.490 e. The summed E-state index contributed by atoms with van der Waals surface area (Å²) in [4.78, 5) is 11.5. The molecule has 20 heavy (non-hydrogen) atoms. The summed E-state index contributed by atoms with van der Waals surface area (Å²) in [5.74, 6) is 0.959. The molecule has 0 amide bonds. The van der Waals surface area contributed by atoms with Crippen molar-refractivity contribution in [1.29, 1.82) is 0 Å². The third-order valence-electron chi connectivity index (χ3n) is 2.57. The van der Waals surface area contributed by atoms with Gasteiger partial charge in [-0.15, -0.1) is 11.6 Å². The van der Waals surface area contributed by atoms with Gasteiger partial charge in [0.05, 0.1) is 19.8 Å². The molecule has 0 saturated heterocycles. The van der Waals surface area contributed by atoms with E-state index < -0.39 is 11.3 Å². The van der Waals surface area contributed by atoms with Gasteiger partial charge in [0.1, 0.15) is 5.38 Å². The van der Waals surface area contributed by atoms with Crippen molar-refractivity contribution in [2.75, 3.05) is 19.8 Å². The van der Waals surface area contributed by atoms with E-state index in [1.165, 1.54) is 0 Å². The van der Waals surface area contributed by atoms with Crippen LogP contribution in [0.5, 0.6) is 11.5 Å². The largest absolute Gasteiger partial charge is 0.490 e. The van der Waals surface area contributed by atoms with E-state index in [4.69, 9.17) is 25.8 Å². The molecule has 0 saturated carbocycles. The minimum absolute atomic E-state index is 0.329. The third kappa shape index (κ3) is 4.93. The van der Waals surface area contributed by atoms with E-state index in [-0.39, 0.29) is 0 Å². The molecule has 112 valence electrons. The number of benzene rings is 1. The Morgan fingerprint density at radius 2 is 1.75 bits per heavy atom. The topological polar surface area (TPSA) is 44.8 Å². The van der Waals surface area contributed by atoms with Crippen molar-refractivity contribution in [1.82, 2.24) is 0 Å². The van der Waals surface area contributed by atoms with Gasteiger partial charge in [-0.2, -0.15) is 0 Å². The zero-order valence-electron chi connectivity index (χ0n) is 12.1. The van der Waals surface area contributed by atoms with Crippen molar-refractivity contribution < 1.29 is 19.0 Å². The first-order valence-electron chi connectivity index (χ1n) is 6.81. The molecular weight excluding hydrogens is 280 g/mol. The van der Waals surface area contributed by atoms with Crippen LogP contribution in [0.4, 0.5) is 0 Å². The number of carbonyl (C=O) groups is 1. The lowest BCUT2D eigenvalue weighted by Crippen LogP contribution is -2.20. The maximum Gasteiger partial charge on any atom is 0.324 e. The van der Waals surface area contributed by atoms with Crippen LogP contribution in [0, 0.1) is 0 Å². The van der Waals surface area contributed by atoms with E-state index >= 15 is 0 Å². The predicted octanol–water partition coefficient (Wildman–Crippen LogP) is 3.20. The number of esters is 1. The Hall–Kier alpha value is -1.42. The van der Waals surface area contributed by atoms with Crippen LogP contribution < -0.4 is 9.47 Å². The molecule has 0 radical (unpaired) electrons. The molecule has 0 fully saturated rings. The average molecular weight is 301 g/mol. The number of carbonyl (C=O) groups excluding carboxylic acids is 1. The van der Waals surface area contributed by atoms with Gasteiger partial charge >= 0.3 is 5.97 Å². The minimum atomic E-state index is -0.692. The second-order valence-electron chi connectivity index (χ2n) is 4.07. The highest BCUT2D eigenvalue weighted by atomic mass is 35.5. The number of hydrogen-bond acceptors (Lipinski definition) is 4. The molecule has 0 heterocycles. The molecule has 1 rings (SSSR count). The second-order valence-corrected chi connectivity index (χ2v) is 4.60. The first-order valence-corrected chi connectivity index (χ1v) is 7.25. The Labute approximate surface area is 125 Å². The molecule has 5 heteroatoms. The van der Waals surface area contributed by atoms with E-state index in [1.54, 1.807) is 6.92 Å². The summed E-state index contributed by atoms with van der Waals surface area (Å²) < 4.78 is 15.9. The number of alkyl halides is 1. The molecule has 1 aromatic rings. The Balaban J connectivity index is 2.80. The molecule has 0 bridgehead atoms. The van der Waals surface area contributed by atoms with Crippen molar-refractivity contribution in [2.24, 2.45) is 0 Å². The van der Waals surface area contributed by atoms with Gasteiger partial charge in [0, 0.05) is 0 Å². The van der Waals surface area contributed by atoms with Crippen LogP contribution in [0.2, 0.25) is 0 Å². The normalized spacial score (nSPS) is 11.8. The predicted molar refractivity (Wildman–Crippen MR) is 78.8 cm³/mol. The van der Waals surface area contributed by atoms with Crippen molar-refractivity contribution in [3.63, 3.8) is 0 Å². The Morgan fingerprint density at radius 1 is 1.10 bits per heavy atom. The molecule has 0 aromatic heterocycles. The SMILES string of the molecule is CCOC(=O)C(Cl)Cc1ccc(OCC)c(OCC)c1. The second kappa shape index (κ2) is 8.69. The third-order valence-corrected chi connectivity index (χ3v) is 2.90. The monoisotopic (exact) mass is 300 g/mol. The van der Waals surface area contributed by atoms with Gasteiger partial charge in [-0.3, -0.25) is 4.79 Å². The molecule has 0 aliphatic rings. The van der Waals surface area contributed by atoms with Crippen LogP contribution in [0.1, 0.15) is 26.3 Å². The summed E-state index contributed by atoms with van der Waals surface area (Å²) in [7, 11) is 0. The van der Waals surface area contributed by atoms with Gasteiger partial charge in [-0.05, 0) is 44.9 Å². The van der Waals surface area contributed by atoms with Crippen LogP contribution >= 0.6 is 11.6 Å². The number of hydrogen-bond donors (Lipinski definition) is 0. The molecular formula is C15H21ClO4. The van der Waals surface area contributed by atoms with E-state index in [9.17, 15) is 4.79 Å². The summed E-state index contributed by atoms with van der Waals surface area (Å²) in [6, 6.07) is 5.56. The summed E-state index contributed by atoms with van der Waals surface area (Å²) in [5.41, 5.74) is 0.907. The van der Waals surface area contributed by atoms with Gasteiger partial charge in [0.25, 0.3) is 0 Å². The van der Waals surface area contributed by atoms with Crippen molar-refractivity contribution >= 4 is 17.6 Å². The highest BCUT2D eigenvalue weighted by molar-refractivity contribution is 6.30. The summed E-state index contributed by atoms with van der Waals surface area (Å²) >= 11 is 6.03. The maximum absolute atomic E-state index is 11.5. The smallest absolute Gasteiger partial charge is 0.324 e. The zero-order chi connectivity index (χ0) is 15.0. The van der Waals surface area contributed by atoms with Crippen molar-refractivity contribution in [3.8, 4) is 11.5 Å². The lowest BCUT2D eigenvalue weighted by Gasteiger charge is -2.13. The van der Waals surface area contributed by atoms with Crippen molar-refractivity contribution in [3.05, 3.63) is 23.8 Å². The maximum atomic E-state index is 11.5. The molecule has 4 nitrogen and oxygen atoms in total. The quantitative estimate of drug-likeness (QED) is 0.546. The van der Waals surface area contributed by atoms with Gasteiger partial charge in [0.15, 0.2) is 11.5 Å². The fraction of sp³-hybridized carbons (Fsp3) is 0.533. The van der Waals surface area contributed by atoms with Crippen LogP contribution in [0.3, 0.4) is 0 Å². The fourth-order valence-electron chi connectivity index (χ4n) is 1.75. The van der Waals surface area contributed by atoms with Gasteiger partial charge in [0.2, 0.25) is 0 Å². The van der Waals surface area contributed by atoms with Crippen LogP contribution in [-0.4, -0.2) is 31.2 Å². The zero-order valence-corrected chi connectivity index (χ0v) is 12.9. The number of rotatable bonds is 8. The van der Waals surface area contributed by atoms with Gasteiger partial charge < -0.3 is 14.2 Å². The first kappa shape index (κ1) is 16.6. The fourth-order valence-corrected chi connectivity index (χ4v) is 1.99. The highest BCUT2D eigenvalue weighted by Gasteiger charge is 2.18. The number of halogens is 1. The standard InChI is InChI=1S/C15H21ClO4/c1-4-18-13-8-7-11(10-14(13)19-5-2)9-12(16)15(17)20-6-3/h7-8,10,12H,4-6,9H2,1-3H3.